The van der Waals surface area contributed by atoms with Gasteiger partial charge in [-0.1, -0.05) is 6.92 Å². The molecule has 4 nitrogen and oxygen atoms in total. The monoisotopic (exact) mass is 331 g/mol. The summed E-state index contributed by atoms with van der Waals surface area (Å²) in [6, 6.07) is 4.33. The minimum atomic E-state index is 0.0569. The van der Waals surface area contributed by atoms with Gasteiger partial charge in [0.25, 0.3) is 0 Å². The van der Waals surface area contributed by atoms with Gasteiger partial charge in [-0.2, -0.15) is 0 Å². The molecule has 0 aliphatic carbocycles. The van der Waals surface area contributed by atoms with Crippen LogP contribution in [-0.2, 0) is 4.79 Å². The van der Waals surface area contributed by atoms with Crippen molar-refractivity contribution in [3.05, 3.63) is 20.8 Å². The van der Waals surface area contributed by atoms with Crippen LogP contribution in [0, 0.1) is 0 Å². The highest BCUT2D eigenvalue weighted by Crippen LogP contribution is 2.33. The van der Waals surface area contributed by atoms with E-state index in [-0.39, 0.29) is 18.0 Å². The molecule has 3 N–H and O–H groups in total. The minimum absolute atomic E-state index is 0.0569. The van der Waals surface area contributed by atoms with E-state index in [9.17, 15) is 4.79 Å². The highest BCUT2D eigenvalue weighted by Gasteiger charge is 2.30. The standard InChI is InChI=1S/C12H18BrN3OS/c1-2-8(14)12(9-3-4-10(13)18-9)16-6-5-15-11(17)7-16/h3-4,8,12H,2,5-7,14H2,1H3,(H,15,17). The summed E-state index contributed by atoms with van der Waals surface area (Å²) in [6.07, 6.45) is 0.901. The van der Waals surface area contributed by atoms with Gasteiger partial charge in [0, 0.05) is 24.0 Å². The second-order valence-corrected chi connectivity index (χ2v) is 6.97. The van der Waals surface area contributed by atoms with E-state index in [1.54, 1.807) is 11.3 Å². The lowest BCUT2D eigenvalue weighted by Gasteiger charge is -2.36. The highest BCUT2D eigenvalue weighted by atomic mass is 79.9. The fourth-order valence-corrected chi connectivity index (χ4v) is 3.90. The molecule has 2 rings (SSSR count). The zero-order chi connectivity index (χ0) is 13.1. The van der Waals surface area contributed by atoms with Crippen molar-refractivity contribution >= 4 is 33.2 Å². The number of thiophene rings is 1. The Morgan fingerprint density at radius 1 is 1.61 bits per heavy atom. The van der Waals surface area contributed by atoms with Gasteiger partial charge >= 0.3 is 0 Å². The first kappa shape index (κ1) is 14.0. The van der Waals surface area contributed by atoms with Gasteiger partial charge in [0.05, 0.1) is 16.4 Å². The van der Waals surface area contributed by atoms with Gasteiger partial charge in [-0.25, -0.2) is 0 Å². The quantitative estimate of drug-likeness (QED) is 0.883. The molecule has 1 aromatic heterocycles. The molecule has 18 heavy (non-hydrogen) atoms. The van der Waals surface area contributed by atoms with Crippen LogP contribution in [0.5, 0.6) is 0 Å². The zero-order valence-electron chi connectivity index (χ0n) is 10.4. The fraction of sp³-hybridized carbons (Fsp3) is 0.583. The molecule has 2 unspecified atom stereocenters. The molecule has 1 aliphatic rings. The van der Waals surface area contributed by atoms with E-state index in [0.717, 1.165) is 16.8 Å². The first-order chi connectivity index (χ1) is 8.61. The summed E-state index contributed by atoms with van der Waals surface area (Å²) in [5.41, 5.74) is 6.25. The number of carbonyl (C=O) groups excluding carboxylic acids is 1. The van der Waals surface area contributed by atoms with Crippen molar-refractivity contribution in [3.8, 4) is 0 Å². The van der Waals surface area contributed by atoms with Crippen LogP contribution in [0.3, 0.4) is 0 Å². The molecular weight excluding hydrogens is 314 g/mol. The average Bonchev–Trinajstić information content (AvgIpc) is 2.76. The fourth-order valence-electron chi connectivity index (χ4n) is 2.27. The molecule has 1 saturated heterocycles. The normalized spacial score (nSPS) is 20.5. The van der Waals surface area contributed by atoms with Gasteiger partial charge in [0.15, 0.2) is 0 Å². The summed E-state index contributed by atoms with van der Waals surface area (Å²) in [6.45, 7) is 4.09. The van der Waals surface area contributed by atoms with E-state index in [2.05, 4.69) is 39.1 Å². The number of halogens is 1. The van der Waals surface area contributed by atoms with Gasteiger partial charge in [0.1, 0.15) is 0 Å². The predicted octanol–water partition coefficient (Wildman–Crippen LogP) is 1.72. The van der Waals surface area contributed by atoms with Crippen LogP contribution >= 0.6 is 27.3 Å². The maximum Gasteiger partial charge on any atom is 0.234 e. The Bertz CT molecular complexity index is 423. The molecule has 6 heteroatoms. The lowest BCUT2D eigenvalue weighted by Crippen LogP contribution is -2.52. The Morgan fingerprint density at radius 3 is 2.94 bits per heavy atom. The van der Waals surface area contributed by atoms with Crippen molar-refractivity contribution in [1.82, 2.24) is 10.2 Å². The van der Waals surface area contributed by atoms with Crippen LogP contribution < -0.4 is 11.1 Å². The largest absolute Gasteiger partial charge is 0.354 e. The third-order valence-electron chi connectivity index (χ3n) is 3.22. The summed E-state index contributed by atoms with van der Waals surface area (Å²) >= 11 is 5.18. The van der Waals surface area contributed by atoms with Gasteiger partial charge < -0.3 is 11.1 Å². The molecule has 2 atom stereocenters. The number of amides is 1. The summed E-state index contributed by atoms with van der Waals surface area (Å²) in [7, 11) is 0. The number of hydrogen-bond acceptors (Lipinski definition) is 4. The average molecular weight is 332 g/mol. The first-order valence-electron chi connectivity index (χ1n) is 6.13. The Morgan fingerprint density at radius 2 is 2.39 bits per heavy atom. The number of nitrogens with one attached hydrogen (secondary N) is 1. The summed E-state index contributed by atoms with van der Waals surface area (Å²) in [5, 5.41) is 2.85. The van der Waals surface area contributed by atoms with E-state index in [0.29, 0.717) is 13.1 Å². The minimum Gasteiger partial charge on any atom is -0.354 e. The lowest BCUT2D eigenvalue weighted by molar-refractivity contribution is -0.125. The van der Waals surface area contributed by atoms with E-state index in [1.807, 2.05) is 6.07 Å². The van der Waals surface area contributed by atoms with Crippen molar-refractivity contribution in [1.29, 1.82) is 0 Å². The molecule has 0 spiro atoms. The molecule has 2 heterocycles. The Labute approximate surface area is 120 Å². The Balaban J connectivity index is 2.22. The highest BCUT2D eigenvalue weighted by molar-refractivity contribution is 9.11. The second-order valence-electron chi connectivity index (χ2n) is 4.48. The van der Waals surface area contributed by atoms with Crippen molar-refractivity contribution in [2.75, 3.05) is 19.6 Å². The molecule has 0 radical (unpaired) electrons. The van der Waals surface area contributed by atoms with Crippen LogP contribution in [0.25, 0.3) is 0 Å². The van der Waals surface area contributed by atoms with Gasteiger partial charge in [-0.05, 0) is 34.5 Å². The van der Waals surface area contributed by atoms with Crippen molar-refractivity contribution in [2.45, 2.75) is 25.4 Å². The maximum absolute atomic E-state index is 11.5. The zero-order valence-corrected chi connectivity index (χ0v) is 12.8. The van der Waals surface area contributed by atoms with Gasteiger partial charge in [0.2, 0.25) is 5.91 Å². The lowest BCUT2D eigenvalue weighted by atomic mass is 10.0. The van der Waals surface area contributed by atoms with E-state index in [1.165, 1.54) is 4.88 Å². The van der Waals surface area contributed by atoms with Crippen LogP contribution in [0.1, 0.15) is 24.3 Å². The number of piperazine rings is 1. The Kier molecular flexibility index (Phi) is 4.77. The molecular formula is C12H18BrN3OS. The third-order valence-corrected chi connectivity index (χ3v) is 4.92. The van der Waals surface area contributed by atoms with Crippen molar-refractivity contribution < 1.29 is 4.79 Å². The van der Waals surface area contributed by atoms with Crippen LogP contribution in [-0.4, -0.2) is 36.5 Å². The number of carbonyl (C=O) groups is 1. The number of rotatable bonds is 4. The van der Waals surface area contributed by atoms with E-state index < -0.39 is 0 Å². The van der Waals surface area contributed by atoms with E-state index in [4.69, 9.17) is 5.73 Å². The molecule has 0 saturated carbocycles. The van der Waals surface area contributed by atoms with E-state index >= 15 is 0 Å². The Hall–Kier alpha value is -0.430. The number of nitrogens with zero attached hydrogens (tertiary/aromatic N) is 1. The molecule has 1 fully saturated rings. The topological polar surface area (TPSA) is 58.4 Å². The molecule has 1 amide bonds. The maximum atomic E-state index is 11.5. The van der Waals surface area contributed by atoms with Crippen LogP contribution in [0.15, 0.2) is 15.9 Å². The summed E-state index contributed by atoms with van der Waals surface area (Å²) < 4.78 is 1.10. The molecule has 0 aromatic carbocycles. The first-order valence-corrected chi connectivity index (χ1v) is 7.74. The number of nitrogens with two attached hydrogens (primary N) is 1. The van der Waals surface area contributed by atoms with Crippen molar-refractivity contribution in [3.63, 3.8) is 0 Å². The molecule has 1 aromatic rings. The third kappa shape index (κ3) is 3.12. The summed E-state index contributed by atoms with van der Waals surface area (Å²) in [5.74, 6) is 0.0881. The van der Waals surface area contributed by atoms with Gasteiger partial charge in [-0.3, -0.25) is 9.69 Å². The van der Waals surface area contributed by atoms with Crippen LogP contribution in [0.4, 0.5) is 0 Å². The molecule has 0 bridgehead atoms. The molecule has 1 aliphatic heterocycles. The smallest absolute Gasteiger partial charge is 0.234 e. The van der Waals surface area contributed by atoms with Crippen molar-refractivity contribution in [2.24, 2.45) is 5.73 Å². The second kappa shape index (κ2) is 6.14. The molecule has 100 valence electrons. The summed E-state index contributed by atoms with van der Waals surface area (Å²) in [4.78, 5) is 14.9. The van der Waals surface area contributed by atoms with Gasteiger partial charge in [-0.15, -0.1) is 11.3 Å². The SMILES string of the molecule is CCC(N)C(c1ccc(Br)s1)N1CCNC(=O)C1. The number of hydrogen-bond donors (Lipinski definition) is 2. The van der Waals surface area contributed by atoms with Crippen LogP contribution in [0.2, 0.25) is 0 Å². The predicted molar refractivity (Wildman–Crippen MR) is 77.6 cm³/mol.